The molecule has 1 aliphatic rings. The first-order chi connectivity index (χ1) is 7.63. The maximum atomic E-state index is 6.50. The summed E-state index contributed by atoms with van der Waals surface area (Å²) in [6.45, 7) is 4.38. The predicted molar refractivity (Wildman–Crippen MR) is 68.5 cm³/mol. The molecular weight excluding hydrogens is 220 g/mol. The van der Waals surface area contributed by atoms with Crippen molar-refractivity contribution in [3.63, 3.8) is 0 Å². The fourth-order valence-electron chi connectivity index (χ4n) is 2.53. The molecule has 2 heteroatoms. The molecule has 1 aliphatic carbocycles. The number of ether oxygens (including phenoxy) is 1. The fourth-order valence-corrected chi connectivity index (χ4v) is 2.80. The minimum Gasteiger partial charge on any atom is -0.497 e. The number of hydrogen-bond donors (Lipinski definition) is 0. The molecule has 16 heavy (non-hydrogen) atoms. The van der Waals surface area contributed by atoms with Crippen LogP contribution in [-0.4, -0.2) is 12.5 Å². The topological polar surface area (TPSA) is 9.23 Å². The van der Waals surface area contributed by atoms with Crippen LogP contribution in [-0.2, 0) is 6.42 Å². The van der Waals surface area contributed by atoms with E-state index >= 15 is 0 Å². The molecule has 1 nitrogen and oxygen atoms in total. The van der Waals surface area contributed by atoms with Crippen LogP contribution in [0.4, 0.5) is 0 Å². The van der Waals surface area contributed by atoms with Crippen LogP contribution in [0.15, 0.2) is 18.2 Å². The van der Waals surface area contributed by atoms with Crippen molar-refractivity contribution in [2.24, 2.45) is 5.92 Å². The Morgan fingerprint density at radius 2 is 2.12 bits per heavy atom. The van der Waals surface area contributed by atoms with Crippen LogP contribution in [0, 0.1) is 5.92 Å². The van der Waals surface area contributed by atoms with Gasteiger partial charge in [0.15, 0.2) is 0 Å². The lowest BCUT2D eigenvalue weighted by Gasteiger charge is -2.22. The lowest BCUT2D eigenvalue weighted by molar-refractivity contribution is 0.413. The van der Waals surface area contributed by atoms with Gasteiger partial charge in [0.2, 0.25) is 0 Å². The van der Waals surface area contributed by atoms with Gasteiger partial charge < -0.3 is 4.74 Å². The molecule has 1 aromatic carbocycles. The number of benzene rings is 1. The Bertz CT molecular complexity index is 373. The molecule has 0 amide bonds. The Morgan fingerprint density at radius 3 is 2.75 bits per heavy atom. The molecule has 2 atom stereocenters. The quantitative estimate of drug-likeness (QED) is 0.724. The molecular formula is C14H19ClO. The second kappa shape index (κ2) is 4.67. The Labute approximate surface area is 103 Å². The normalized spacial score (nSPS) is 20.9. The van der Waals surface area contributed by atoms with Gasteiger partial charge in [0.1, 0.15) is 5.75 Å². The van der Waals surface area contributed by atoms with E-state index in [1.807, 2.05) is 6.07 Å². The summed E-state index contributed by atoms with van der Waals surface area (Å²) in [5, 5.41) is 0.230. The summed E-state index contributed by atoms with van der Waals surface area (Å²) in [6, 6.07) is 6.38. The standard InChI is InChI=1S/C14H19ClO/c1-9(2)14(15)12-7-5-10-4-6-11(16-3)8-13(10)12/h4,6,8-9,12,14H,5,7H2,1-3H3. The minimum atomic E-state index is 0.230. The first-order valence-electron chi connectivity index (χ1n) is 5.94. The maximum Gasteiger partial charge on any atom is 0.119 e. The van der Waals surface area contributed by atoms with E-state index < -0.39 is 0 Å². The maximum absolute atomic E-state index is 6.50. The Morgan fingerprint density at radius 1 is 1.38 bits per heavy atom. The molecule has 0 N–H and O–H groups in total. The van der Waals surface area contributed by atoms with Gasteiger partial charge in [-0.3, -0.25) is 0 Å². The van der Waals surface area contributed by atoms with Crippen LogP contribution >= 0.6 is 11.6 Å². The smallest absolute Gasteiger partial charge is 0.119 e. The highest BCUT2D eigenvalue weighted by Crippen LogP contribution is 2.41. The zero-order chi connectivity index (χ0) is 11.7. The number of alkyl halides is 1. The summed E-state index contributed by atoms with van der Waals surface area (Å²) in [4.78, 5) is 0. The average Bonchev–Trinajstić information content (AvgIpc) is 2.70. The van der Waals surface area contributed by atoms with Gasteiger partial charge in [-0.15, -0.1) is 11.6 Å². The van der Waals surface area contributed by atoms with E-state index in [0.29, 0.717) is 11.8 Å². The molecule has 0 radical (unpaired) electrons. The number of hydrogen-bond acceptors (Lipinski definition) is 1. The molecule has 0 aliphatic heterocycles. The van der Waals surface area contributed by atoms with E-state index in [4.69, 9.17) is 16.3 Å². The molecule has 2 unspecified atom stereocenters. The van der Waals surface area contributed by atoms with Crippen LogP contribution in [0.1, 0.15) is 37.3 Å². The number of fused-ring (bicyclic) bond motifs is 1. The Balaban J connectivity index is 2.30. The van der Waals surface area contributed by atoms with E-state index in [2.05, 4.69) is 26.0 Å². The highest BCUT2D eigenvalue weighted by Gasteiger charge is 2.30. The summed E-state index contributed by atoms with van der Waals surface area (Å²) in [5.74, 6) is 1.95. The van der Waals surface area contributed by atoms with E-state index in [-0.39, 0.29) is 5.38 Å². The van der Waals surface area contributed by atoms with E-state index in [9.17, 15) is 0 Å². The van der Waals surface area contributed by atoms with Crippen molar-refractivity contribution in [3.05, 3.63) is 29.3 Å². The largest absolute Gasteiger partial charge is 0.497 e. The van der Waals surface area contributed by atoms with Crippen LogP contribution in [0.25, 0.3) is 0 Å². The van der Waals surface area contributed by atoms with Gasteiger partial charge in [0.25, 0.3) is 0 Å². The lowest BCUT2D eigenvalue weighted by Crippen LogP contribution is -2.16. The highest BCUT2D eigenvalue weighted by atomic mass is 35.5. The molecule has 0 spiro atoms. The van der Waals surface area contributed by atoms with Gasteiger partial charge in [-0.05, 0) is 42.0 Å². The molecule has 0 aromatic heterocycles. The molecule has 1 aromatic rings. The van der Waals surface area contributed by atoms with Crippen molar-refractivity contribution in [2.75, 3.05) is 7.11 Å². The Kier molecular flexibility index (Phi) is 3.44. The van der Waals surface area contributed by atoms with Gasteiger partial charge in [-0.2, -0.15) is 0 Å². The molecule has 0 heterocycles. The molecule has 2 rings (SSSR count). The summed E-state index contributed by atoms with van der Waals surface area (Å²) in [6.07, 6.45) is 2.33. The van der Waals surface area contributed by atoms with Crippen molar-refractivity contribution in [1.29, 1.82) is 0 Å². The van der Waals surface area contributed by atoms with Crippen LogP contribution in [0.3, 0.4) is 0 Å². The van der Waals surface area contributed by atoms with Crippen molar-refractivity contribution >= 4 is 11.6 Å². The minimum absolute atomic E-state index is 0.230. The number of aryl methyl sites for hydroxylation is 1. The van der Waals surface area contributed by atoms with Crippen LogP contribution < -0.4 is 4.74 Å². The third-order valence-electron chi connectivity index (χ3n) is 3.50. The summed E-state index contributed by atoms with van der Waals surface area (Å²) >= 11 is 6.50. The molecule has 0 bridgehead atoms. The van der Waals surface area contributed by atoms with Crippen molar-refractivity contribution in [2.45, 2.75) is 38.0 Å². The van der Waals surface area contributed by atoms with Crippen molar-refractivity contribution in [3.8, 4) is 5.75 Å². The SMILES string of the molecule is COc1ccc2c(c1)C(C(Cl)C(C)C)CC2. The third-order valence-corrected chi connectivity index (χ3v) is 4.31. The molecule has 0 saturated carbocycles. The Hall–Kier alpha value is -0.690. The fraction of sp³-hybridized carbons (Fsp3) is 0.571. The van der Waals surface area contributed by atoms with E-state index in [1.54, 1.807) is 7.11 Å². The lowest BCUT2D eigenvalue weighted by atomic mass is 9.91. The number of halogens is 1. The second-order valence-corrected chi connectivity index (χ2v) is 5.40. The first kappa shape index (κ1) is 11.8. The van der Waals surface area contributed by atoms with Crippen molar-refractivity contribution < 1.29 is 4.74 Å². The third kappa shape index (κ3) is 2.06. The van der Waals surface area contributed by atoms with Crippen LogP contribution in [0.5, 0.6) is 5.75 Å². The zero-order valence-corrected chi connectivity index (χ0v) is 10.9. The number of rotatable bonds is 3. The molecule has 0 fully saturated rings. The van der Waals surface area contributed by atoms with Gasteiger partial charge in [-0.25, -0.2) is 0 Å². The van der Waals surface area contributed by atoms with E-state index in [0.717, 1.165) is 12.2 Å². The van der Waals surface area contributed by atoms with Crippen molar-refractivity contribution in [1.82, 2.24) is 0 Å². The zero-order valence-electron chi connectivity index (χ0n) is 10.2. The molecule has 0 saturated heterocycles. The monoisotopic (exact) mass is 238 g/mol. The first-order valence-corrected chi connectivity index (χ1v) is 6.38. The van der Waals surface area contributed by atoms with Gasteiger partial charge in [0, 0.05) is 11.3 Å². The molecule has 88 valence electrons. The van der Waals surface area contributed by atoms with Gasteiger partial charge >= 0.3 is 0 Å². The van der Waals surface area contributed by atoms with Gasteiger partial charge in [-0.1, -0.05) is 19.9 Å². The second-order valence-electron chi connectivity index (χ2n) is 4.90. The number of methoxy groups -OCH3 is 1. The average molecular weight is 239 g/mol. The predicted octanol–water partition coefficient (Wildman–Crippen LogP) is 3.99. The van der Waals surface area contributed by atoms with Gasteiger partial charge in [0.05, 0.1) is 7.11 Å². The summed E-state index contributed by atoms with van der Waals surface area (Å²) in [5.41, 5.74) is 2.84. The van der Waals surface area contributed by atoms with E-state index in [1.165, 1.54) is 17.5 Å². The summed E-state index contributed by atoms with van der Waals surface area (Å²) in [7, 11) is 1.71. The summed E-state index contributed by atoms with van der Waals surface area (Å²) < 4.78 is 5.28. The van der Waals surface area contributed by atoms with Crippen LogP contribution in [0.2, 0.25) is 0 Å². The highest BCUT2D eigenvalue weighted by molar-refractivity contribution is 6.21.